The zero-order valence-corrected chi connectivity index (χ0v) is 5.79. The molecule has 0 unspecified atom stereocenters. The number of hydrogen-bond donors (Lipinski definition) is 0. The Morgan fingerprint density at radius 3 is 3.20 bits per heavy atom. The molecule has 0 aliphatic heterocycles. The molecule has 1 radical (unpaired) electrons. The standard InChI is InChI=1S/C8H10NO/c1-2-3-4-5-8-6-9-7-10-8/h2-3,6-7H,1,4-5H2. The topological polar surface area (TPSA) is 26.0 Å². The molecule has 1 aromatic rings. The summed E-state index contributed by atoms with van der Waals surface area (Å²) in [5, 5.41) is 0. The molecule has 1 rings (SSSR count). The fourth-order valence-electron chi connectivity index (χ4n) is 0.709. The van der Waals surface area contributed by atoms with Crippen molar-refractivity contribution in [1.82, 2.24) is 4.98 Å². The van der Waals surface area contributed by atoms with Gasteiger partial charge in [0, 0.05) is 6.42 Å². The Bertz CT molecular complexity index is 189. The van der Waals surface area contributed by atoms with Gasteiger partial charge in [-0.3, -0.25) is 0 Å². The molecule has 0 aliphatic rings. The molecule has 0 bridgehead atoms. The summed E-state index contributed by atoms with van der Waals surface area (Å²) >= 11 is 0. The quantitative estimate of drug-likeness (QED) is 0.635. The number of aryl methyl sites for hydroxylation is 1. The first kappa shape index (κ1) is 7.06. The maximum absolute atomic E-state index is 5.01. The summed E-state index contributed by atoms with van der Waals surface area (Å²) in [6.07, 6.45) is 8.85. The van der Waals surface area contributed by atoms with Gasteiger partial charge in [0.2, 0.25) is 0 Å². The van der Waals surface area contributed by atoms with Gasteiger partial charge in [-0.1, -0.05) is 12.2 Å². The third-order valence-electron chi connectivity index (χ3n) is 1.21. The van der Waals surface area contributed by atoms with E-state index in [9.17, 15) is 0 Å². The predicted molar refractivity (Wildman–Crippen MR) is 39.3 cm³/mol. The smallest absolute Gasteiger partial charge is 0.180 e. The van der Waals surface area contributed by atoms with E-state index in [2.05, 4.69) is 11.9 Å². The number of allylic oxidation sites excluding steroid dienone is 2. The summed E-state index contributed by atoms with van der Waals surface area (Å²) in [5.74, 6) is 0.929. The van der Waals surface area contributed by atoms with Gasteiger partial charge >= 0.3 is 0 Å². The summed E-state index contributed by atoms with van der Waals surface area (Å²) in [6.45, 7) is 3.58. The summed E-state index contributed by atoms with van der Waals surface area (Å²) in [7, 11) is 0. The van der Waals surface area contributed by atoms with Crippen molar-refractivity contribution in [1.29, 1.82) is 0 Å². The van der Waals surface area contributed by atoms with E-state index < -0.39 is 0 Å². The van der Waals surface area contributed by atoms with E-state index in [1.54, 1.807) is 12.3 Å². The summed E-state index contributed by atoms with van der Waals surface area (Å²) in [4.78, 5) is 3.79. The lowest BCUT2D eigenvalue weighted by molar-refractivity contribution is 0.504. The van der Waals surface area contributed by atoms with Crippen molar-refractivity contribution < 1.29 is 4.42 Å². The molecule has 0 N–H and O–H groups in total. The van der Waals surface area contributed by atoms with Crippen molar-refractivity contribution in [2.24, 2.45) is 0 Å². The van der Waals surface area contributed by atoms with Crippen LogP contribution in [0, 0.1) is 6.92 Å². The van der Waals surface area contributed by atoms with Crippen LogP contribution < -0.4 is 0 Å². The van der Waals surface area contributed by atoms with Crippen LogP contribution in [0.1, 0.15) is 12.2 Å². The van der Waals surface area contributed by atoms with Crippen LogP contribution in [0.2, 0.25) is 0 Å². The molecule has 0 saturated carbocycles. The Morgan fingerprint density at radius 2 is 2.60 bits per heavy atom. The van der Waals surface area contributed by atoms with Gasteiger partial charge < -0.3 is 4.42 Å². The molecule has 2 nitrogen and oxygen atoms in total. The number of rotatable bonds is 3. The van der Waals surface area contributed by atoms with Gasteiger partial charge in [-0.05, 0) is 13.3 Å². The van der Waals surface area contributed by atoms with Crippen molar-refractivity contribution in [2.45, 2.75) is 12.8 Å². The number of aromatic nitrogens is 1. The molecule has 0 amide bonds. The van der Waals surface area contributed by atoms with Crippen LogP contribution in [0.4, 0.5) is 0 Å². The average Bonchev–Trinajstić information content (AvgIpc) is 2.41. The monoisotopic (exact) mass is 136 g/mol. The van der Waals surface area contributed by atoms with Gasteiger partial charge in [-0.25, -0.2) is 4.98 Å². The van der Waals surface area contributed by atoms with Crippen molar-refractivity contribution >= 4 is 0 Å². The average molecular weight is 136 g/mol. The third kappa shape index (κ3) is 2.05. The summed E-state index contributed by atoms with van der Waals surface area (Å²) < 4.78 is 5.01. The number of nitrogens with zero attached hydrogens (tertiary/aromatic N) is 1. The van der Waals surface area contributed by atoms with Crippen molar-refractivity contribution in [2.75, 3.05) is 0 Å². The van der Waals surface area contributed by atoms with Crippen LogP contribution >= 0.6 is 0 Å². The fourth-order valence-corrected chi connectivity index (χ4v) is 0.709. The Balaban J connectivity index is 2.28. The van der Waals surface area contributed by atoms with E-state index in [1.807, 2.05) is 6.08 Å². The van der Waals surface area contributed by atoms with Crippen molar-refractivity contribution in [3.05, 3.63) is 37.4 Å². The molecular weight excluding hydrogens is 126 g/mol. The molecule has 0 spiro atoms. The fraction of sp³-hybridized carbons (Fsp3) is 0.250. The van der Waals surface area contributed by atoms with Crippen LogP contribution in [0.15, 0.2) is 29.2 Å². The summed E-state index contributed by atoms with van der Waals surface area (Å²) in [6, 6.07) is 0. The zero-order chi connectivity index (χ0) is 7.23. The van der Waals surface area contributed by atoms with Crippen LogP contribution in [0.3, 0.4) is 0 Å². The Morgan fingerprint density at radius 1 is 1.70 bits per heavy atom. The molecule has 0 fully saturated rings. The van der Waals surface area contributed by atoms with E-state index in [4.69, 9.17) is 4.42 Å². The second-order valence-electron chi connectivity index (χ2n) is 1.98. The van der Waals surface area contributed by atoms with Gasteiger partial charge in [0.05, 0.1) is 6.20 Å². The van der Waals surface area contributed by atoms with Gasteiger partial charge in [0.25, 0.3) is 0 Å². The van der Waals surface area contributed by atoms with Crippen LogP contribution in [0.25, 0.3) is 0 Å². The van der Waals surface area contributed by atoms with Gasteiger partial charge in [-0.15, -0.1) is 0 Å². The highest BCUT2D eigenvalue weighted by Crippen LogP contribution is 2.00. The minimum absolute atomic E-state index is 0.909. The van der Waals surface area contributed by atoms with E-state index in [1.165, 1.54) is 6.39 Å². The minimum atomic E-state index is 0.909. The molecule has 0 aromatic carbocycles. The highest BCUT2D eigenvalue weighted by Gasteiger charge is 1.91. The third-order valence-corrected chi connectivity index (χ3v) is 1.21. The van der Waals surface area contributed by atoms with Gasteiger partial charge in [-0.2, -0.15) is 0 Å². The lowest BCUT2D eigenvalue weighted by Gasteiger charge is -1.87. The van der Waals surface area contributed by atoms with Gasteiger partial charge in [0.1, 0.15) is 5.76 Å². The zero-order valence-electron chi connectivity index (χ0n) is 5.79. The number of oxazole rings is 1. The van der Waals surface area contributed by atoms with E-state index in [0.29, 0.717) is 0 Å². The lowest BCUT2D eigenvalue weighted by atomic mass is 10.2. The molecule has 0 atom stereocenters. The number of hydrogen-bond acceptors (Lipinski definition) is 2. The van der Waals surface area contributed by atoms with E-state index in [-0.39, 0.29) is 0 Å². The second kappa shape index (κ2) is 3.88. The Labute approximate surface area is 60.6 Å². The maximum Gasteiger partial charge on any atom is 0.180 e. The van der Waals surface area contributed by atoms with Gasteiger partial charge in [0.15, 0.2) is 6.39 Å². The molecule has 0 aliphatic carbocycles. The van der Waals surface area contributed by atoms with Crippen LogP contribution in [-0.2, 0) is 6.42 Å². The first-order valence-electron chi connectivity index (χ1n) is 3.25. The Hall–Kier alpha value is -1.05. The normalized spacial score (nSPS) is 10.9. The highest BCUT2D eigenvalue weighted by atomic mass is 16.3. The minimum Gasteiger partial charge on any atom is -0.449 e. The molecule has 2 heteroatoms. The highest BCUT2D eigenvalue weighted by molar-refractivity contribution is 4.93. The van der Waals surface area contributed by atoms with E-state index in [0.717, 1.165) is 18.6 Å². The molecule has 53 valence electrons. The first-order valence-corrected chi connectivity index (χ1v) is 3.25. The second-order valence-corrected chi connectivity index (χ2v) is 1.98. The van der Waals surface area contributed by atoms with Crippen molar-refractivity contribution in [3.8, 4) is 0 Å². The van der Waals surface area contributed by atoms with Crippen LogP contribution in [-0.4, -0.2) is 4.98 Å². The summed E-state index contributed by atoms with van der Waals surface area (Å²) in [5.41, 5.74) is 0. The molecule has 1 heterocycles. The van der Waals surface area contributed by atoms with E-state index >= 15 is 0 Å². The van der Waals surface area contributed by atoms with Crippen LogP contribution in [0.5, 0.6) is 0 Å². The lowest BCUT2D eigenvalue weighted by Crippen LogP contribution is -1.76. The van der Waals surface area contributed by atoms with Crippen molar-refractivity contribution in [3.63, 3.8) is 0 Å². The predicted octanol–water partition coefficient (Wildman–Crippen LogP) is 2.00. The largest absolute Gasteiger partial charge is 0.449 e. The molecule has 0 saturated heterocycles. The molecular formula is C8H10NO. The molecule has 1 aromatic heterocycles. The molecule has 10 heavy (non-hydrogen) atoms. The maximum atomic E-state index is 5.01. The Kier molecular flexibility index (Phi) is 2.74. The first-order chi connectivity index (χ1) is 4.93. The SMILES string of the molecule is [CH2]C=CCCc1cnco1.